The van der Waals surface area contributed by atoms with Gasteiger partial charge in [0.1, 0.15) is 6.10 Å². The zero-order valence-corrected chi connectivity index (χ0v) is 10.4. The average Bonchev–Trinajstić information content (AvgIpc) is 3.22. The van der Waals surface area contributed by atoms with Crippen molar-refractivity contribution in [3.8, 4) is 0 Å². The third-order valence-electron chi connectivity index (χ3n) is 2.96. The predicted molar refractivity (Wildman–Crippen MR) is 67.7 cm³/mol. The molecular weight excluding hydrogens is 248 g/mol. The second-order valence-electron chi connectivity index (χ2n) is 4.19. The first-order chi connectivity index (χ1) is 8.69. The third kappa shape index (κ3) is 1.94. The lowest BCUT2D eigenvalue weighted by molar-refractivity contribution is 0.399. The Morgan fingerprint density at radius 1 is 0.833 bits per heavy atom. The minimum Gasteiger partial charge on any atom is -0.347 e. The summed E-state index contributed by atoms with van der Waals surface area (Å²) in [5.41, 5.74) is 0.157. The summed E-state index contributed by atoms with van der Waals surface area (Å²) in [7, 11) is -3.39. The number of sulfone groups is 1. The minimum atomic E-state index is -3.39. The number of rotatable bonds is 3. The molecule has 0 aromatic heterocycles. The van der Waals surface area contributed by atoms with Gasteiger partial charge in [0.15, 0.2) is 5.44 Å². The van der Waals surface area contributed by atoms with E-state index in [2.05, 4.69) is 0 Å². The molecule has 0 spiro atoms. The molecule has 2 atom stereocenters. The first-order valence-electron chi connectivity index (χ1n) is 5.69. The summed E-state index contributed by atoms with van der Waals surface area (Å²) in [6.45, 7) is 0. The lowest BCUT2D eigenvalue weighted by Gasteiger charge is -2.00. The Morgan fingerprint density at radius 3 is 2.00 bits per heavy atom. The molecule has 3 rings (SSSR count). The van der Waals surface area contributed by atoms with Gasteiger partial charge in [-0.05, 0) is 17.7 Å². The number of epoxide rings is 1. The molecule has 1 saturated heterocycles. The van der Waals surface area contributed by atoms with E-state index in [0.717, 1.165) is 5.56 Å². The molecule has 1 fully saturated rings. The Bertz CT molecular complexity index is 635. The van der Waals surface area contributed by atoms with Crippen LogP contribution in [-0.2, 0) is 14.6 Å². The minimum absolute atomic E-state index is 0.313. The lowest BCUT2D eigenvalue weighted by atomic mass is 10.2. The standard InChI is InChI=1S/C14H12O3S/c15-18(16,12-9-5-2-6-10-12)14-13(17-14)11-7-3-1-4-8-11/h1-10,13-14H/t13-,14+/m0/s1. The Kier molecular flexibility index (Phi) is 2.69. The fraction of sp³-hybridized carbons (Fsp3) is 0.143. The SMILES string of the molecule is O=S(=O)(c1ccccc1)[C@H]1O[C@H]1c1ccccc1. The highest BCUT2D eigenvalue weighted by atomic mass is 32.2. The van der Waals surface area contributed by atoms with E-state index in [1.165, 1.54) is 0 Å². The summed E-state index contributed by atoms with van der Waals surface area (Å²) in [6.07, 6.45) is -0.337. The zero-order valence-electron chi connectivity index (χ0n) is 9.56. The van der Waals surface area contributed by atoms with Crippen LogP contribution in [0.4, 0.5) is 0 Å². The largest absolute Gasteiger partial charge is 0.347 e. The maximum Gasteiger partial charge on any atom is 0.208 e. The molecule has 0 N–H and O–H groups in total. The summed E-state index contributed by atoms with van der Waals surface area (Å²) in [6, 6.07) is 17.8. The number of hydrogen-bond acceptors (Lipinski definition) is 3. The fourth-order valence-corrected chi connectivity index (χ4v) is 3.51. The van der Waals surface area contributed by atoms with E-state index in [-0.39, 0.29) is 6.10 Å². The maximum absolute atomic E-state index is 12.3. The Hall–Kier alpha value is -1.65. The first-order valence-corrected chi connectivity index (χ1v) is 7.23. The van der Waals surface area contributed by atoms with E-state index in [0.29, 0.717) is 4.90 Å². The van der Waals surface area contributed by atoms with E-state index in [4.69, 9.17) is 4.74 Å². The fourth-order valence-electron chi connectivity index (χ4n) is 1.96. The highest BCUT2D eigenvalue weighted by molar-refractivity contribution is 7.92. The Balaban J connectivity index is 1.87. The molecule has 2 aromatic carbocycles. The van der Waals surface area contributed by atoms with Crippen LogP contribution in [0.1, 0.15) is 11.7 Å². The lowest BCUT2D eigenvalue weighted by Crippen LogP contribution is -2.09. The summed E-state index contributed by atoms with van der Waals surface area (Å²) in [5.74, 6) is 0. The van der Waals surface area contributed by atoms with Gasteiger partial charge in [0.05, 0.1) is 4.90 Å². The molecule has 18 heavy (non-hydrogen) atoms. The third-order valence-corrected chi connectivity index (χ3v) is 4.86. The molecule has 0 radical (unpaired) electrons. The zero-order chi connectivity index (χ0) is 12.6. The van der Waals surface area contributed by atoms with Crippen molar-refractivity contribution in [2.45, 2.75) is 16.4 Å². The van der Waals surface area contributed by atoms with Crippen molar-refractivity contribution in [3.05, 3.63) is 66.2 Å². The van der Waals surface area contributed by atoms with E-state index in [1.807, 2.05) is 30.3 Å². The van der Waals surface area contributed by atoms with Crippen molar-refractivity contribution >= 4 is 9.84 Å². The maximum atomic E-state index is 12.3. The van der Waals surface area contributed by atoms with Crippen LogP contribution in [-0.4, -0.2) is 13.9 Å². The van der Waals surface area contributed by atoms with Crippen LogP contribution in [0.2, 0.25) is 0 Å². The van der Waals surface area contributed by atoms with E-state index < -0.39 is 15.3 Å². The van der Waals surface area contributed by atoms with Crippen LogP contribution in [0, 0.1) is 0 Å². The van der Waals surface area contributed by atoms with Crippen LogP contribution in [0.5, 0.6) is 0 Å². The smallest absolute Gasteiger partial charge is 0.208 e. The van der Waals surface area contributed by atoms with Gasteiger partial charge in [-0.2, -0.15) is 0 Å². The highest BCUT2D eigenvalue weighted by Gasteiger charge is 2.50. The van der Waals surface area contributed by atoms with Crippen molar-refractivity contribution in [3.63, 3.8) is 0 Å². The number of ether oxygens (including phenoxy) is 1. The molecule has 0 bridgehead atoms. The van der Waals surface area contributed by atoms with Crippen LogP contribution in [0.15, 0.2) is 65.6 Å². The molecule has 0 unspecified atom stereocenters. The van der Waals surface area contributed by atoms with Gasteiger partial charge in [-0.25, -0.2) is 8.42 Å². The summed E-state index contributed by atoms with van der Waals surface area (Å²) >= 11 is 0. The molecule has 0 aliphatic carbocycles. The van der Waals surface area contributed by atoms with Gasteiger partial charge in [0, 0.05) is 0 Å². The van der Waals surface area contributed by atoms with Crippen LogP contribution in [0.25, 0.3) is 0 Å². The monoisotopic (exact) mass is 260 g/mol. The van der Waals surface area contributed by atoms with Crippen LogP contribution >= 0.6 is 0 Å². The van der Waals surface area contributed by atoms with Gasteiger partial charge in [0.2, 0.25) is 9.84 Å². The molecule has 4 heteroatoms. The second kappa shape index (κ2) is 4.23. The molecule has 92 valence electrons. The van der Waals surface area contributed by atoms with Gasteiger partial charge in [-0.15, -0.1) is 0 Å². The number of benzene rings is 2. The van der Waals surface area contributed by atoms with E-state index in [1.54, 1.807) is 30.3 Å². The van der Waals surface area contributed by atoms with E-state index in [9.17, 15) is 8.42 Å². The molecule has 1 aliphatic rings. The molecule has 0 amide bonds. The predicted octanol–water partition coefficient (Wildman–Crippen LogP) is 2.56. The highest BCUT2D eigenvalue weighted by Crippen LogP contribution is 2.44. The summed E-state index contributed by atoms with van der Waals surface area (Å²) < 4.78 is 29.8. The van der Waals surface area contributed by atoms with Crippen molar-refractivity contribution in [2.24, 2.45) is 0 Å². The average molecular weight is 260 g/mol. The molecule has 1 aliphatic heterocycles. The molecule has 0 saturated carbocycles. The normalized spacial score (nSPS) is 22.7. The summed E-state index contributed by atoms with van der Waals surface area (Å²) in [4.78, 5) is 0.313. The van der Waals surface area contributed by atoms with Gasteiger partial charge in [-0.1, -0.05) is 48.5 Å². The van der Waals surface area contributed by atoms with Crippen molar-refractivity contribution in [1.29, 1.82) is 0 Å². The number of hydrogen-bond donors (Lipinski definition) is 0. The molecule has 1 heterocycles. The molecular formula is C14H12O3S. The topological polar surface area (TPSA) is 46.7 Å². The Labute approximate surface area is 106 Å². The molecule has 2 aromatic rings. The summed E-state index contributed by atoms with van der Waals surface area (Å²) in [5, 5.41) is 0. The van der Waals surface area contributed by atoms with Crippen molar-refractivity contribution < 1.29 is 13.2 Å². The first kappa shape index (κ1) is 11.4. The van der Waals surface area contributed by atoms with Gasteiger partial charge < -0.3 is 4.74 Å². The van der Waals surface area contributed by atoms with Gasteiger partial charge in [0.25, 0.3) is 0 Å². The van der Waals surface area contributed by atoms with Crippen LogP contribution < -0.4 is 0 Å². The van der Waals surface area contributed by atoms with Crippen molar-refractivity contribution in [1.82, 2.24) is 0 Å². The van der Waals surface area contributed by atoms with Crippen molar-refractivity contribution in [2.75, 3.05) is 0 Å². The second-order valence-corrected chi connectivity index (χ2v) is 6.22. The van der Waals surface area contributed by atoms with Crippen LogP contribution in [0.3, 0.4) is 0 Å². The Morgan fingerprint density at radius 2 is 1.39 bits per heavy atom. The van der Waals surface area contributed by atoms with Gasteiger partial charge >= 0.3 is 0 Å². The molecule has 3 nitrogen and oxygen atoms in total. The quantitative estimate of drug-likeness (QED) is 0.797. The van der Waals surface area contributed by atoms with E-state index >= 15 is 0 Å². The van der Waals surface area contributed by atoms with Gasteiger partial charge in [-0.3, -0.25) is 0 Å².